The molecule has 4 nitrogen and oxygen atoms in total. The van der Waals surface area contributed by atoms with Crippen molar-refractivity contribution in [2.24, 2.45) is 0 Å². The van der Waals surface area contributed by atoms with E-state index in [9.17, 15) is 8.78 Å². The molecule has 0 aliphatic rings. The zero-order chi connectivity index (χ0) is 15.1. The summed E-state index contributed by atoms with van der Waals surface area (Å²) in [6, 6.07) is 10.4. The first kappa shape index (κ1) is 15.2. The lowest BCUT2D eigenvalue weighted by Crippen LogP contribution is -2.14. The molecule has 0 aliphatic heterocycles. The molecule has 0 bridgehead atoms. The van der Waals surface area contributed by atoms with Crippen molar-refractivity contribution in [3.05, 3.63) is 53.7 Å². The van der Waals surface area contributed by atoms with E-state index in [1.165, 1.54) is 6.07 Å². The molecule has 0 saturated heterocycles. The zero-order valence-corrected chi connectivity index (χ0v) is 11.6. The third-order valence-electron chi connectivity index (χ3n) is 2.84. The highest BCUT2D eigenvalue weighted by Crippen LogP contribution is 2.20. The summed E-state index contributed by atoms with van der Waals surface area (Å²) in [4.78, 5) is 4.09. The normalized spacial score (nSPS) is 10.7. The molecule has 6 heteroatoms. The Bertz CT molecular complexity index is 562. The molecule has 1 heterocycles. The predicted molar refractivity (Wildman–Crippen MR) is 74.4 cm³/mol. The van der Waals surface area contributed by atoms with Crippen LogP contribution in [0.3, 0.4) is 0 Å². The molecule has 0 fully saturated rings. The Kier molecular flexibility index (Phi) is 5.45. The number of pyridine rings is 1. The molecule has 2 aromatic rings. The van der Waals surface area contributed by atoms with E-state index in [1.807, 2.05) is 6.07 Å². The molecule has 1 aromatic carbocycles. The number of ether oxygens (including phenoxy) is 2. The fourth-order valence-corrected chi connectivity index (χ4v) is 1.84. The number of nitrogens with one attached hydrogen (secondary N) is 1. The van der Waals surface area contributed by atoms with Crippen LogP contribution >= 0.6 is 0 Å². The molecule has 112 valence electrons. The van der Waals surface area contributed by atoms with Gasteiger partial charge < -0.3 is 14.8 Å². The molecule has 0 aliphatic carbocycles. The van der Waals surface area contributed by atoms with Gasteiger partial charge in [0.15, 0.2) is 0 Å². The zero-order valence-electron chi connectivity index (χ0n) is 11.6. The van der Waals surface area contributed by atoms with Crippen LogP contribution in [0.5, 0.6) is 11.6 Å². The Morgan fingerprint density at radius 3 is 2.62 bits per heavy atom. The van der Waals surface area contributed by atoms with Crippen molar-refractivity contribution >= 4 is 0 Å². The van der Waals surface area contributed by atoms with Crippen molar-refractivity contribution in [1.82, 2.24) is 10.3 Å². The monoisotopic (exact) mass is 294 g/mol. The summed E-state index contributed by atoms with van der Waals surface area (Å²) in [5, 5.41) is 3.16. The first-order chi connectivity index (χ1) is 10.2. The van der Waals surface area contributed by atoms with Gasteiger partial charge in [-0.2, -0.15) is 8.78 Å². The highest BCUT2D eigenvalue weighted by atomic mass is 19.3. The van der Waals surface area contributed by atoms with Gasteiger partial charge in [-0.1, -0.05) is 24.3 Å². The summed E-state index contributed by atoms with van der Waals surface area (Å²) >= 11 is 0. The summed E-state index contributed by atoms with van der Waals surface area (Å²) in [6.07, 6.45) is 1.70. The second-order valence-corrected chi connectivity index (χ2v) is 4.30. The predicted octanol–water partition coefficient (Wildman–Crippen LogP) is 2.98. The summed E-state index contributed by atoms with van der Waals surface area (Å²) in [6.45, 7) is -1.83. The van der Waals surface area contributed by atoms with Crippen LogP contribution in [0.15, 0.2) is 42.6 Å². The van der Waals surface area contributed by atoms with Crippen molar-refractivity contribution in [2.75, 3.05) is 7.11 Å². The van der Waals surface area contributed by atoms with Crippen LogP contribution in [-0.4, -0.2) is 18.7 Å². The maximum Gasteiger partial charge on any atom is 0.387 e. The largest absolute Gasteiger partial charge is 0.481 e. The molecule has 0 radical (unpaired) electrons. The van der Waals surface area contributed by atoms with Crippen LogP contribution in [0.1, 0.15) is 11.1 Å². The maximum atomic E-state index is 12.3. The van der Waals surface area contributed by atoms with Gasteiger partial charge in [-0.15, -0.1) is 0 Å². The summed E-state index contributed by atoms with van der Waals surface area (Å²) in [7, 11) is 1.56. The van der Waals surface area contributed by atoms with E-state index in [0.717, 1.165) is 5.56 Å². The topological polar surface area (TPSA) is 43.4 Å². The van der Waals surface area contributed by atoms with Crippen molar-refractivity contribution in [2.45, 2.75) is 19.7 Å². The van der Waals surface area contributed by atoms with E-state index >= 15 is 0 Å². The van der Waals surface area contributed by atoms with Crippen molar-refractivity contribution in [1.29, 1.82) is 0 Å². The van der Waals surface area contributed by atoms with E-state index < -0.39 is 6.61 Å². The lowest BCUT2D eigenvalue weighted by molar-refractivity contribution is -0.0505. The van der Waals surface area contributed by atoms with Gasteiger partial charge in [-0.05, 0) is 11.6 Å². The number of para-hydroxylation sites is 1. The maximum absolute atomic E-state index is 12.3. The molecular weight excluding hydrogens is 278 g/mol. The Hall–Kier alpha value is -2.21. The van der Waals surface area contributed by atoms with Crippen LogP contribution < -0.4 is 14.8 Å². The lowest BCUT2D eigenvalue weighted by atomic mass is 10.2. The van der Waals surface area contributed by atoms with Crippen LogP contribution in [-0.2, 0) is 13.1 Å². The Morgan fingerprint density at radius 2 is 1.95 bits per heavy atom. The average molecular weight is 294 g/mol. The fraction of sp³-hybridized carbons (Fsp3) is 0.267. The molecule has 2 rings (SSSR count). The summed E-state index contributed by atoms with van der Waals surface area (Å²) in [5.74, 6) is 0.738. The average Bonchev–Trinajstić information content (AvgIpc) is 2.49. The van der Waals surface area contributed by atoms with Crippen LogP contribution in [0.25, 0.3) is 0 Å². The SMILES string of the molecule is COc1ccc(CNCc2ccccc2OC(F)F)cn1. The van der Waals surface area contributed by atoms with Gasteiger partial charge in [0, 0.05) is 30.9 Å². The smallest absolute Gasteiger partial charge is 0.387 e. The summed E-state index contributed by atoms with van der Waals surface area (Å²) < 4.78 is 34.0. The van der Waals surface area contributed by atoms with Crippen LogP contribution in [0.4, 0.5) is 8.78 Å². The second-order valence-electron chi connectivity index (χ2n) is 4.30. The third-order valence-corrected chi connectivity index (χ3v) is 2.84. The quantitative estimate of drug-likeness (QED) is 0.852. The summed E-state index contributed by atoms with van der Waals surface area (Å²) in [5.41, 5.74) is 1.65. The number of halogens is 2. The van der Waals surface area contributed by atoms with Crippen molar-refractivity contribution < 1.29 is 18.3 Å². The van der Waals surface area contributed by atoms with Crippen LogP contribution in [0, 0.1) is 0 Å². The minimum absolute atomic E-state index is 0.188. The standard InChI is InChI=1S/C15H16F2N2O2/c1-20-14-7-6-11(9-19-14)8-18-10-12-4-2-3-5-13(12)21-15(16)17/h2-7,9,15,18H,8,10H2,1H3. The molecule has 1 N–H and O–H groups in total. The molecular formula is C15H16F2N2O2. The van der Waals surface area contributed by atoms with Gasteiger partial charge in [-0.3, -0.25) is 0 Å². The van der Waals surface area contributed by atoms with Gasteiger partial charge >= 0.3 is 6.61 Å². The fourth-order valence-electron chi connectivity index (χ4n) is 1.84. The Labute approximate surface area is 121 Å². The van der Waals surface area contributed by atoms with E-state index in [1.54, 1.807) is 37.6 Å². The number of benzene rings is 1. The molecule has 0 spiro atoms. The van der Waals surface area contributed by atoms with Gasteiger partial charge in [-0.25, -0.2) is 4.98 Å². The van der Waals surface area contributed by atoms with E-state index in [-0.39, 0.29) is 5.75 Å². The number of nitrogens with zero attached hydrogens (tertiary/aromatic N) is 1. The minimum Gasteiger partial charge on any atom is -0.481 e. The van der Waals surface area contributed by atoms with Gasteiger partial charge in [0.25, 0.3) is 0 Å². The Balaban J connectivity index is 1.90. The number of methoxy groups -OCH3 is 1. The van der Waals surface area contributed by atoms with E-state index in [4.69, 9.17) is 4.74 Å². The Morgan fingerprint density at radius 1 is 1.14 bits per heavy atom. The van der Waals surface area contributed by atoms with Crippen molar-refractivity contribution in [3.8, 4) is 11.6 Å². The number of alkyl halides is 2. The highest BCUT2D eigenvalue weighted by Gasteiger charge is 2.08. The second kappa shape index (κ2) is 7.54. The van der Waals surface area contributed by atoms with Gasteiger partial charge in [0.1, 0.15) is 5.75 Å². The number of aromatic nitrogens is 1. The van der Waals surface area contributed by atoms with Crippen LogP contribution in [0.2, 0.25) is 0 Å². The molecule has 0 atom stereocenters. The van der Waals surface area contributed by atoms with Crippen molar-refractivity contribution in [3.63, 3.8) is 0 Å². The number of rotatable bonds is 7. The molecule has 0 amide bonds. The van der Waals surface area contributed by atoms with Gasteiger partial charge in [0.05, 0.1) is 7.11 Å². The minimum atomic E-state index is -2.82. The van der Waals surface area contributed by atoms with Gasteiger partial charge in [0.2, 0.25) is 5.88 Å². The first-order valence-electron chi connectivity index (χ1n) is 6.41. The highest BCUT2D eigenvalue weighted by molar-refractivity contribution is 5.33. The number of hydrogen-bond acceptors (Lipinski definition) is 4. The van der Waals surface area contributed by atoms with E-state index in [0.29, 0.717) is 24.5 Å². The van der Waals surface area contributed by atoms with E-state index in [2.05, 4.69) is 15.0 Å². The lowest BCUT2D eigenvalue weighted by Gasteiger charge is -2.11. The third kappa shape index (κ3) is 4.68. The molecule has 0 unspecified atom stereocenters. The molecule has 0 saturated carbocycles. The number of hydrogen-bond donors (Lipinski definition) is 1. The molecule has 21 heavy (non-hydrogen) atoms. The first-order valence-corrected chi connectivity index (χ1v) is 6.41. The molecule has 1 aromatic heterocycles.